The van der Waals surface area contributed by atoms with E-state index in [2.05, 4.69) is 20.5 Å². The highest BCUT2D eigenvalue weighted by molar-refractivity contribution is 6.08. The summed E-state index contributed by atoms with van der Waals surface area (Å²) in [6, 6.07) is 10.5. The molecule has 0 spiro atoms. The lowest BCUT2D eigenvalue weighted by Crippen LogP contribution is -2.28. The van der Waals surface area contributed by atoms with Crippen LogP contribution in [0.15, 0.2) is 54.7 Å². The topological polar surface area (TPSA) is 84.8 Å². The molecule has 2 aromatic heterocycles. The Morgan fingerprint density at radius 3 is 2.26 bits per heavy atom. The van der Waals surface area contributed by atoms with Crippen LogP contribution < -0.4 is 5.32 Å². The van der Waals surface area contributed by atoms with Gasteiger partial charge in [-0.2, -0.15) is 13.2 Å². The molecule has 0 radical (unpaired) electrons. The molecule has 3 aromatic rings. The Labute approximate surface area is 176 Å². The van der Waals surface area contributed by atoms with Gasteiger partial charge in [0.05, 0.1) is 11.3 Å². The van der Waals surface area contributed by atoms with Crippen molar-refractivity contribution in [2.45, 2.75) is 20.0 Å². The normalized spacial score (nSPS) is 11.4. The molecule has 0 aliphatic heterocycles. The van der Waals surface area contributed by atoms with Gasteiger partial charge in [0, 0.05) is 23.9 Å². The van der Waals surface area contributed by atoms with Gasteiger partial charge < -0.3 is 5.32 Å². The van der Waals surface area contributed by atoms with E-state index in [-0.39, 0.29) is 17.3 Å². The minimum Gasteiger partial charge on any atom is -0.350 e. The number of benzene rings is 1. The summed E-state index contributed by atoms with van der Waals surface area (Å²) in [6.45, 7) is 4.45. The molecule has 0 aliphatic rings. The van der Waals surface area contributed by atoms with Crippen LogP contribution in [-0.4, -0.2) is 33.4 Å². The number of rotatable bonds is 6. The van der Waals surface area contributed by atoms with E-state index in [0.29, 0.717) is 23.7 Å². The number of nitrogens with zero attached hydrogens (tertiary/aromatic N) is 3. The standard InChI is InChI=1S/C22H19F3N4O2/c1-13(2)11-27-21(31)19-10-9-17(28-29-19)14-7-8-18(26-12-14)20(30)15-5-3-4-6-16(15)22(23,24)25/h3-10,12-13H,11H2,1-2H3,(H,27,31). The number of halogens is 3. The molecule has 0 saturated carbocycles. The van der Waals surface area contributed by atoms with Gasteiger partial charge in [-0.25, -0.2) is 0 Å². The van der Waals surface area contributed by atoms with Gasteiger partial charge in [0.25, 0.3) is 5.91 Å². The molecule has 31 heavy (non-hydrogen) atoms. The number of nitrogens with one attached hydrogen (secondary N) is 1. The van der Waals surface area contributed by atoms with E-state index in [4.69, 9.17) is 0 Å². The van der Waals surface area contributed by atoms with Gasteiger partial charge in [0.15, 0.2) is 5.69 Å². The second kappa shape index (κ2) is 9.03. The SMILES string of the molecule is CC(C)CNC(=O)c1ccc(-c2ccc(C(=O)c3ccccc3C(F)(F)F)nc2)nn1. The Morgan fingerprint density at radius 2 is 1.68 bits per heavy atom. The number of hydrogen-bond donors (Lipinski definition) is 1. The second-order valence-corrected chi connectivity index (χ2v) is 7.21. The average Bonchev–Trinajstić information content (AvgIpc) is 2.76. The van der Waals surface area contributed by atoms with Gasteiger partial charge in [0.2, 0.25) is 5.78 Å². The number of alkyl halides is 3. The van der Waals surface area contributed by atoms with E-state index in [1.807, 2.05) is 13.8 Å². The van der Waals surface area contributed by atoms with Crippen LogP contribution in [0.25, 0.3) is 11.3 Å². The third kappa shape index (κ3) is 5.30. The van der Waals surface area contributed by atoms with Crippen molar-refractivity contribution in [3.63, 3.8) is 0 Å². The molecular formula is C22H19F3N4O2. The number of ketones is 1. The fourth-order valence-corrected chi connectivity index (χ4v) is 2.74. The summed E-state index contributed by atoms with van der Waals surface area (Å²) in [5.74, 6) is -0.871. The molecule has 0 fully saturated rings. The molecule has 2 heterocycles. The third-order valence-electron chi connectivity index (χ3n) is 4.34. The minimum atomic E-state index is -4.65. The Kier molecular flexibility index (Phi) is 6.43. The lowest BCUT2D eigenvalue weighted by molar-refractivity contribution is -0.137. The summed E-state index contributed by atoms with van der Waals surface area (Å²) in [5, 5.41) is 10.6. The lowest BCUT2D eigenvalue weighted by atomic mass is 10.0. The zero-order valence-electron chi connectivity index (χ0n) is 16.8. The Hall–Kier alpha value is -3.62. The summed E-state index contributed by atoms with van der Waals surface area (Å²) in [7, 11) is 0. The maximum Gasteiger partial charge on any atom is 0.417 e. The highest BCUT2D eigenvalue weighted by Gasteiger charge is 2.35. The van der Waals surface area contributed by atoms with E-state index >= 15 is 0 Å². The number of amides is 1. The fraction of sp³-hybridized carbons (Fsp3) is 0.227. The highest BCUT2D eigenvalue weighted by Crippen LogP contribution is 2.32. The van der Waals surface area contributed by atoms with E-state index in [1.165, 1.54) is 36.5 Å². The van der Waals surface area contributed by atoms with Crippen molar-refractivity contribution < 1.29 is 22.8 Å². The number of aromatic nitrogens is 3. The first-order chi connectivity index (χ1) is 14.7. The van der Waals surface area contributed by atoms with Crippen LogP contribution in [0.3, 0.4) is 0 Å². The predicted octanol–water partition coefficient (Wildman–Crippen LogP) is 4.17. The van der Waals surface area contributed by atoms with Gasteiger partial charge in [-0.05, 0) is 36.2 Å². The van der Waals surface area contributed by atoms with Gasteiger partial charge in [-0.15, -0.1) is 10.2 Å². The number of pyridine rings is 1. The summed E-state index contributed by atoms with van der Waals surface area (Å²) < 4.78 is 39.5. The maximum atomic E-state index is 13.2. The maximum absolute atomic E-state index is 13.2. The first-order valence-electron chi connectivity index (χ1n) is 9.46. The second-order valence-electron chi connectivity index (χ2n) is 7.21. The summed E-state index contributed by atoms with van der Waals surface area (Å²) >= 11 is 0. The number of hydrogen-bond acceptors (Lipinski definition) is 5. The van der Waals surface area contributed by atoms with Crippen LogP contribution in [0.2, 0.25) is 0 Å². The van der Waals surface area contributed by atoms with Crippen molar-refractivity contribution in [3.8, 4) is 11.3 Å². The van der Waals surface area contributed by atoms with E-state index < -0.39 is 23.1 Å². The van der Waals surface area contributed by atoms with Gasteiger partial charge in [0.1, 0.15) is 5.69 Å². The van der Waals surface area contributed by atoms with Crippen LogP contribution in [-0.2, 0) is 6.18 Å². The first-order valence-corrected chi connectivity index (χ1v) is 9.46. The van der Waals surface area contributed by atoms with Crippen LogP contribution in [0.1, 0.15) is 46.0 Å². The molecule has 0 unspecified atom stereocenters. The molecule has 1 N–H and O–H groups in total. The Bertz CT molecular complexity index is 1080. The van der Waals surface area contributed by atoms with E-state index in [9.17, 15) is 22.8 Å². The van der Waals surface area contributed by atoms with Crippen LogP contribution in [0, 0.1) is 5.92 Å². The minimum absolute atomic E-state index is 0.127. The number of carbonyl (C=O) groups excluding carboxylic acids is 2. The average molecular weight is 428 g/mol. The smallest absolute Gasteiger partial charge is 0.350 e. The first kappa shape index (κ1) is 22.1. The highest BCUT2D eigenvalue weighted by atomic mass is 19.4. The zero-order chi connectivity index (χ0) is 22.6. The lowest BCUT2D eigenvalue weighted by Gasteiger charge is -2.11. The van der Waals surface area contributed by atoms with Gasteiger partial charge >= 0.3 is 6.18 Å². The molecule has 1 amide bonds. The van der Waals surface area contributed by atoms with Crippen molar-refractivity contribution in [2.24, 2.45) is 5.92 Å². The van der Waals surface area contributed by atoms with Gasteiger partial charge in [-0.1, -0.05) is 32.0 Å². The molecule has 6 nitrogen and oxygen atoms in total. The quantitative estimate of drug-likeness (QED) is 0.596. The molecule has 0 bridgehead atoms. The molecule has 3 rings (SSSR count). The molecule has 0 atom stereocenters. The molecule has 160 valence electrons. The van der Waals surface area contributed by atoms with Crippen LogP contribution >= 0.6 is 0 Å². The third-order valence-corrected chi connectivity index (χ3v) is 4.34. The summed E-state index contributed by atoms with van der Waals surface area (Å²) in [5.41, 5.74) is -0.536. The predicted molar refractivity (Wildman–Crippen MR) is 107 cm³/mol. The molecule has 0 aliphatic carbocycles. The van der Waals surface area contributed by atoms with Gasteiger partial charge in [-0.3, -0.25) is 14.6 Å². The summed E-state index contributed by atoms with van der Waals surface area (Å²) in [4.78, 5) is 28.6. The van der Waals surface area contributed by atoms with E-state index in [0.717, 1.165) is 12.1 Å². The van der Waals surface area contributed by atoms with Crippen molar-refractivity contribution in [3.05, 3.63) is 77.2 Å². The van der Waals surface area contributed by atoms with Crippen molar-refractivity contribution in [2.75, 3.05) is 6.54 Å². The van der Waals surface area contributed by atoms with Crippen molar-refractivity contribution >= 4 is 11.7 Å². The zero-order valence-corrected chi connectivity index (χ0v) is 16.8. The van der Waals surface area contributed by atoms with Crippen LogP contribution in [0.4, 0.5) is 13.2 Å². The Balaban J connectivity index is 1.78. The van der Waals surface area contributed by atoms with E-state index in [1.54, 1.807) is 6.07 Å². The monoisotopic (exact) mass is 428 g/mol. The molecule has 1 aromatic carbocycles. The fourth-order valence-electron chi connectivity index (χ4n) is 2.74. The van der Waals surface area contributed by atoms with Crippen molar-refractivity contribution in [1.29, 1.82) is 0 Å². The molecular weight excluding hydrogens is 409 g/mol. The number of carbonyl (C=O) groups is 2. The molecule has 9 heteroatoms. The summed E-state index contributed by atoms with van der Waals surface area (Å²) in [6.07, 6.45) is -3.32. The van der Waals surface area contributed by atoms with Crippen LogP contribution in [0.5, 0.6) is 0 Å². The Morgan fingerprint density at radius 1 is 0.968 bits per heavy atom. The largest absolute Gasteiger partial charge is 0.417 e. The van der Waals surface area contributed by atoms with Crippen molar-refractivity contribution in [1.82, 2.24) is 20.5 Å². The molecule has 0 saturated heterocycles.